The second kappa shape index (κ2) is 5.96. The number of carbonyl (C=O) groups is 1. The van der Waals surface area contributed by atoms with Crippen molar-refractivity contribution in [1.29, 1.82) is 0 Å². The minimum absolute atomic E-state index is 0.148. The molecule has 0 saturated carbocycles. The fourth-order valence-electron chi connectivity index (χ4n) is 1.96. The zero-order chi connectivity index (χ0) is 13.0. The van der Waals surface area contributed by atoms with Gasteiger partial charge < -0.3 is 4.74 Å². The molecule has 3 nitrogen and oxygen atoms in total. The number of aryl methyl sites for hydroxylation is 2. The molecule has 0 spiro atoms. The van der Waals surface area contributed by atoms with Crippen molar-refractivity contribution in [2.24, 2.45) is 0 Å². The Morgan fingerprint density at radius 1 is 1.33 bits per heavy atom. The van der Waals surface area contributed by atoms with Gasteiger partial charge in [0.1, 0.15) is 11.3 Å². The molecule has 0 fully saturated rings. The lowest BCUT2D eigenvalue weighted by atomic mass is 10.3. The first-order valence-electron chi connectivity index (χ1n) is 6.17. The zero-order valence-electron chi connectivity index (χ0n) is 10.8. The predicted molar refractivity (Wildman–Crippen MR) is 74.8 cm³/mol. The van der Waals surface area contributed by atoms with Gasteiger partial charge in [-0.1, -0.05) is 12.1 Å². The third-order valence-corrected chi connectivity index (χ3v) is 5.19. The van der Waals surface area contributed by atoms with Crippen LogP contribution < -0.4 is 0 Å². The van der Waals surface area contributed by atoms with Crippen molar-refractivity contribution < 1.29 is 9.53 Å². The van der Waals surface area contributed by atoms with Crippen LogP contribution in [-0.2, 0) is 15.3 Å². The summed E-state index contributed by atoms with van der Waals surface area (Å²) < 4.78 is 6.30. The summed E-state index contributed by atoms with van der Waals surface area (Å²) in [6.45, 7) is 4.09. The molecule has 1 heterocycles. The molecule has 2 aromatic rings. The van der Waals surface area contributed by atoms with E-state index in [0.717, 1.165) is 24.1 Å². The summed E-state index contributed by atoms with van der Waals surface area (Å²) in [5.41, 5.74) is 1.12. The molecule has 1 aromatic carbocycles. The van der Waals surface area contributed by atoms with Crippen molar-refractivity contribution in [3.05, 3.63) is 29.3 Å². The topological polar surface area (TPSA) is 39.2 Å². The maximum atomic E-state index is 10.6. The van der Waals surface area contributed by atoms with Crippen LogP contribution in [0.25, 0.3) is 10.2 Å². The van der Waals surface area contributed by atoms with Crippen LogP contribution >= 0.6 is 10.5 Å². The van der Waals surface area contributed by atoms with Crippen LogP contribution in [0.1, 0.15) is 24.8 Å². The van der Waals surface area contributed by atoms with Crippen molar-refractivity contribution in [3.8, 4) is 0 Å². The van der Waals surface area contributed by atoms with Crippen molar-refractivity contribution in [2.45, 2.75) is 32.4 Å². The van der Waals surface area contributed by atoms with Gasteiger partial charge in [0, 0.05) is 30.4 Å². The lowest BCUT2D eigenvalue weighted by Crippen LogP contribution is -2.00. The van der Waals surface area contributed by atoms with E-state index in [1.165, 1.54) is 16.6 Å². The molecule has 1 unspecified atom stereocenters. The van der Waals surface area contributed by atoms with Gasteiger partial charge in [0.05, 0.1) is 6.61 Å². The third-order valence-electron chi connectivity index (χ3n) is 2.81. The van der Waals surface area contributed by atoms with Gasteiger partial charge >= 0.3 is 5.97 Å². The minimum Gasteiger partial charge on any atom is -0.466 e. The van der Waals surface area contributed by atoms with E-state index in [-0.39, 0.29) is 16.4 Å². The largest absolute Gasteiger partial charge is 0.466 e. The number of esters is 1. The van der Waals surface area contributed by atoms with E-state index in [4.69, 9.17) is 4.74 Å². The van der Waals surface area contributed by atoms with Crippen LogP contribution in [0.4, 0.5) is 0 Å². The molecule has 0 aliphatic carbocycles. The van der Waals surface area contributed by atoms with Gasteiger partial charge in [-0.15, -0.1) is 0 Å². The summed E-state index contributed by atoms with van der Waals surface area (Å²) in [6.07, 6.45) is 2.00. The number of ether oxygens (including phenoxy) is 1. The van der Waals surface area contributed by atoms with E-state index >= 15 is 0 Å². The summed E-state index contributed by atoms with van der Waals surface area (Å²) in [5, 5.41) is 1.23. The third kappa shape index (κ3) is 3.07. The van der Waals surface area contributed by atoms with Gasteiger partial charge in [0.15, 0.2) is 0 Å². The quantitative estimate of drug-likeness (QED) is 0.470. The highest BCUT2D eigenvalue weighted by molar-refractivity contribution is 7.36. The Bertz CT molecular complexity index is 548. The van der Waals surface area contributed by atoms with Gasteiger partial charge in [-0.3, -0.25) is 4.79 Å². The maximum absolute atomic E-state index is 10.6. The number of unbranched alkanes of at least 4 members (excludes halogenated alkanes) is 1. The fraction of sp³-hybridized carbons (Fsp3) is 0.429. The van der Waals surface area contributed by atoms with Crippen LogP contribution in [0.15, 0.2) is 24.3 Å². The van der Waals surface area contributed by atoms with Crippen molar-refractivity contribution >= 4 is 26.7 Å². The number of carbonyl (C=O) groups excluding carboxylic acids is 1. The first-order chi connectivity index (χ1) is 8.68. The molecule has 0 aliphatic rings. The monoisotopic (exact) mass is 264 g/mol. The first kappa shape index (κ1) is 13.0. The molecule has 0 radical (unpaired) electrons. The molecule has 18 heavy (non-hydrogen) atoms. The molecule has 96 valence electrons. The molecule has 2 rings (SSSR count). The lowest BCUT2D eigenvalue weighted by molar-refractivity contribution is -0.141. The Balaban J connectivity index is 1.95. The Kier molecular flexibility index (Phi) is 4.31. The number of benzene rings is 1. The number of para-hydroxylation sites is 1. The number of thiazole rings is 1. The van der Waals surface area contributed by atoms with E-state index < -0.39 is 0 Å². The van der Waals surface area contributed by atoms with Crippen LogP contribution in [0.5, 0.6) is 0 Å². The van der Waals surface area contributed by atoms with E-state index in [0.29, 0.717) is 6.61 Å². The standard InChI is InChI=1S/C14H18NO2S/c1-11-15-13-7-3-4-8-14(13)18(11)10-6-5-9-17-12(2)16/h3-4,7-8H,5-6,9-10H2,1-2H3/q+1. The predicted octanol–water partition coefficient (Wildman–Crippen LogP) is 3.64. The summed E-state index contributed by atoms with van der Waals surface area (Å²) in [7, 11) is 0.148. The molecule has 0 amide bonds. The maximum Gasteiger partial charge on any atom is 0.302 e. The second-order valence-corrected chi connectivity index (χ2v) is 6.46. The smallest absolute Gasteiger partial charge is 0.302 e. The summed E-state index contributed by atoms with van der Waals surface area (Å²) in [6, 6.07) is 8.35. The van der Waals surface area contributed by atoms with Gasteiger partial charge in [0.25, 0.3) is 0 Å². The molecule has 0 bridgehead atoms. The van der Waals surface area contributed by atoms with E-state index in [1.54, 1.807) is 0 Å². The Labute approximate surface area is 110 Å². The molecule has 0 N–H and O–H groups in total. The van der Waals surface area contributed by atoms with E-state index in [2.05, 4.69) is 30.1 Å². The molecule has 1 atom stereocenters. The molecule has 0 saturated heterocycles. The summed E-state index contributed by atoms with van der Waals surface area (Å²) in [4.78, 5) is 15.2. The number of aromatic nitrogens is 1. The minimum atomic E-state index is -0.193. The highest BCUT2D eigenvalue weighted by Crippen LogP contribution is 2.35. The Hall–Kier alpha value is -1.42. The van der Waals surface area contributed by atoms with Crippen LogP contribution in [-0.4, -0.2) is 17.6 Å². The number of fused-ring (bicyclic) bond motifs is 1. The number of hydrogen-bond donors (Lipinski definition) is 0. The van der Waals surface area contributed by atoms with Gasteiger partial charge in [-0.2, -0.15) is 4.98 Å². The molecule has 4 heteroatoms. The fourth-order valence-corrected chi connectivity index (χ4v) is 4.11. The SMILES string of the molecule is CC(=O)OCCCC[s+]1c(C)nc2ccccc21. The summed E-state index contributed by atoms with van der Waals surface area (Å²) >= 11 is 0. The van der Waals surface area contributed by atoms with Crippen molar-refractivity contribution in [1.82, 2.24) is 4.98 Å². The molecular formula is C14H18NO2S+. The summed E-state index contributed by atoms with van der Waals surface area (Å²) in [5.74, 6) is 0.912. The zero-order valence-corrected chi connectivity index (χ0v) is 11.6. The average Bonchev–Trinajstić information content (AvgIpc) is 2.65. The van der Waals surface area contributed by atoms with Crippen LogP contribution in [0.3, 0.4) is 0 Å². The van der Waals surface area contributed by atoms with Gasteiger partial charge in [-0.25, -0.2) is 0 Å². The van der Waals surface area contributed by atoms with Crippen LogP contribution in [0.2, 0.25) is 0 Å². The molecular weight excluding hydrogens is 246 g/mol. The van der Waals surface area contributed by atoms with Gasteiger partial charge in [-0.05, 0) is 18.9 Å². The highest BCUT2D eigenvalue weighted by atomic mass is 32.2. The average molecular weight is 264 g/mol. The van der Waals surface area contributed by atoms with Crippen molar-refractivity contribution in [3.63, 3.8) is 0 Å². The van der Waals surface area contributed by atoms with E-state index in [9.17, 15) is 4.79 Å². The molecule has 1 aromatic heterocycles. The van der Waals surface area contributed by atoms with Gasteiger partial charge in [0.2, 0.25) is 9.71 Å². The number of rotatable bonds is 5. The van der Waals surface area contributed by atoms with Crippen LogP contribution in [0, 0.1) is 6.92 Å². The highest BCUT2D eigenvalue weighted by Gasteiger charge is 2.17. The van der Waals surface area contributed by atoms with Crippen molar-refractivity contribution in [2.75, 3.05) is 6.61 Å². The number of nitrogens with zero attached hydrogens (tertiary/aromatic N) is 1. The number of hydrogen-bond acceptors (Lipinski definition) is 3. The first-order valence-corrected chi connectivity index (χ1v) is 7.56. The Morgan fingerprint density at radius 2 is 2.11 bits per heavy atom. The lowest BCUT2D eigenvalue weighted by Gasteiger charge is -1.99. The van der Waals surface area contributed by atoms with E-state index in [1.807, 2.05) is 6.07 Å². The Morgan fingerprint density at radius 3 is 2.89 bits per heavy atom. The normalized spacial score (nSPS) is 11.8. The second-order valence-electron chi connectivity index (χ2n) is 4.24. The molecule has 0 aliphatic heterocycles.